The minimum Gasteiger partial charge on any atom is -0.450 e. The molecule has 0 unspecified atom stereocenters. The summed E-state index contributed by atoms with van der Waals surface area (Å²) in [5.74, 6) is -0.0481. The normalized spacial score (nSPS) is 14.7. The number of ether oxygens (including phenoxy) is 1. The number of hydrogen-bond donors (Lipinski definition) is 0. The van der Waals surface area contributed by atoms with E-state index in [9.17, 15) is 18.0 Å². The summed E-state index contributed by atoms with van der Waals surface area (Å²) in [5.41, 5.74) is 0.516. The summed E-state index contributed by atoms with van der Waals surface area (Å²) in [6.07, 6.45) is 1.41. The van der Waals surface area contributed by atoms with Gasteiger partial charge in [-0.1, -0.05) is 11.6 Å². The molecule has 156 valence electrons. The van der Waals surface area contributed by atoms with Crippen LogP contribution in [0.15, 0.2) is 24.3 Å². The molecule has 8 nitrogen and oxygen atoms in total. The third-order valence-electron chi connectivity index (χ3n) is 4.43. The molecule has 1 aromatic rings. The van der Waals surface area contributed by atoms with Crippen molar-refractivity contribution in [2.75, 3.05) is 49.9 Å². The van der Waals surface area contributed by atoms with Gasteiger partial charge in [-0.3, -0.25) is 9.10 Å². The van der Waals surface area contributed by atoms with E-state index in [0.717, 1.165) is 6.26 Å². The summed E-state index contributed by atoms with van der Waals surface area (Å²) in [5, 5.41) is 0.523. The zero-order chi connectivity index (χ0) is 20.7. The molecule has 2 amide bonds. The first-order chi connectivity index (χ1) is 13.2. The minimum absolute atomic E-state index is 0.0481. The first-order valence-electron chi connectivity index (χ1n) is 9.15. The molecule has 2 rings (SSSR count). The van der Waals surface area contributed by atoms with Gasteiger partial charge >= 0.3 is 6.09 Å². The Morgan fingerprint density at radius 1 is 1.11 bits per heavy atom. The summed E-state index contributed by atoms with van der Waals surface area (Å²) in [6.45, 7) is 4.05. The van der Waals surface area contributed by atoms with Crippen LogP contribution < -0.4 is 4.31 Å². The number of carbonyl (C=O) groups excluding carboxylic acids is 2. The van der Waals surface area contributed by atoms with E-state index in [1.54, 1.807) is 41.0 Å². The van der Waals surface area contributed by atoms with Crippen molar-refractivity contribution in [3.05, 3.63) is 29.3 Å². The molecule has 0 spiro atoms. The second-order valence-corrected chi connectivity index (χ2v) is 8.83. The Labute approximate surface area is 171 Å². The van der Waals surface area contributed by atoms with Crippen LogP contribution in [0.2, 0.25) is 5.02 Å². The number of nitrogens with zero attached hydrogens (tertiary/aromatic N) is 3. The summed E-state index contributed by atoms with van der Waals surface area (Å²) in [4.78, 5) is 27.4. The van der Waals surface area contributed by atoms with Crippen molar-refractivity contribution < 1.29 is 22.7 Å². The van der Waals surface area contributed by atoms with E-state index in [1.165, 1.54) is 4.31 Å². The zero-order valence-corrected chi connectivity index (χ0v) is 17.7. The van der Waals surface area contributed by atoms with Crippen molar-refractivity contribution in [1.29, 1.82) is 0 Å². The highest BCUT2D eigenvalue weighted by molar-refractivity contribution is 7.92. The van der Waals surface area contributed by atoms with Crippen molar-refractivity contribution >= 4 is 39.3 Å². The maximum absolute atomic E-state index is 12.4. The van der Waals surface area contributed by atoms with Gasteiger partial charge in [-0.2, -0.15) is 0 Å². The molecule has 1 heterocycles. The molecule has 0 atom stereocenters. The van der Waals surface area contributed by atoms with Gasteiger partial charge in [-0.25, -0.2) is 13.2 Å². The molecule has 0 radical (unpaired) electrons. The van der Waals surface area contributed by atoms with E-state index in [4.69, 9.17) is 16.3 Å². The van der Waals surface area contributed by atoms with Crippen LogP contribution in [0.5, 0.6) is 0 Å². The van der Waals surface area contributed by atoms with Crippen molar-refractivity contribution in [2.45, 2.75) is 19.8 Å². The van der Waals surface area contributed by atoms with Crippen LogP contribution in [-0.4, -0.2) is 75.8 Å². The Morgan fingerprint density at radius 2 is 1.68 bits per heavy atom. The SMILES string of the molecule is CCOC(=O)N1CCN(C(=O)CCCN(c2ccc(Cl)cc2)S(C)(=O)=O)CC1. The Balaban J connectivity index is 1.85. The quantitative estimate of drug-likeness (QED) is 0.660. The summed E-state index contributed by atoms with van der Waals surface area (Å²) < 4.78 is 30.4. The summed E-state index contributed by atoms with van der Waals surface area (Å²) >= 11 is 5.86. The molecule has 1 fully saturated rings. The van der Waals surface area contributed by atoms with Gasteiger partial charge in [-0.05, 0) is 37.6 Å². The molecule has 1 aliphatic heterocycles. The number of piperazine rings is 1. The van der Waals surface area contributed by atoms with Crippen LogP contribution in [0.25, 0.3) is 0 Å². The lowest BCUT2D eigenvalue weighted by Gasteiger charge is -2.34. The summed E-state index contributed by atoms with van der Waals surface area (Å²) in [6, 6.07) is 6.53. The van der Waals surface area contributed by atoms with E-state index in [1.807, 2.05) is 0 Å². The van der Waals surface area contributed by atoms with E-state index in [0.29, 0.717) is 49.9 Å². The van der Waals surface area contributed by atoms with Gasteiger partial charge in [0.15, 0.2) is 0 Å². The zero-order valence-electron chi connectivity index (χ0n) is 16.1. The third-order valence-corrected chi connectivity index (χ3v) is 5.87. The standard InChI is InChI=1S/C18H26ClN3O5S/c1-3-27-18(24)21-13-11-20(12-14-21)17(23)5-4-10-22(28(2,25)26)16-8-6-15(19)7-9-16/h6-9H,3-5,10-14H2,1-2H3. The first-order valence-corrected chi connectivity index (χ1v) is 11.4. The molecule has 10 heteroatoms. The van der Waals surface area contributed by atoms with Crippen LogP contribution in [-0.2, 0) is 19.6 Å². The summed E-state index contributed by atoms with van der Waals surface area (Å²) in [7, 11) is -3.47. The third kappa shape index (κ3) is 6.27. The molecule has 0 saturated carbocycles. The molecule has 1 aromatic carbocycles. The van der Waals surface area contributed by atoms with Gasteiger partial charge in [0, 0.05) is 44.2 Å². The van der Waals surface area contributed by atoms with Crippen molar-refractivity contribution in [1.82, 2.24) is 9.80 Å². The highest BCUT2D eigenvalue weighted by atomic mass is 35.5. The maximum Gasteiger partial charge on any atom is 0.409 e. The fraction of sp³-hybridized carbons (Fsp3) is 0.556. The monoisotopic (exact) mass is 431 g/mol. The van der Waals surface area contributed by atoms with Crippen molar-refractivity contribution in [3.8, 4) is 0 Å². The molecule has 0 aromatic heterocycles. The highest BCUT2D eigenvalue weighted by Crippen LogP contribution is 2.21. The lowest BCUT2D eigenvalue weighted by atomic mass is 10.2. The van der Waals surface area contributed by atoms with Crippen LogP contribution in [0.4, 0.5) is 10.5 Å². The lowest BCUT2D eigenvalue weighted by molar-refractivity contribution is -0.132. The highest BCUT2D eigenvalue weighted by Gasteiger charge is 2.25. The second-order valence-electron chi connectivity index (χ2n) is 6.48. The van der Waals surface area contributed by atoms with Gasteiger partial charge in [0.25, 0.3) is 0 Å². The van der Waals surface area contributed by atoms with Gasteiger partial charge < -0.3 is 14.5 Å². The van der Waals surface area contributed by atoms with Crippen LogP contribution >= 0.6 is 11.6 Å². The van der Waals surface area contributed by atoms with Gasteiger partial charge in [-0.15, -0.1) is 0 Å². The molecule has 1 aliphatic rings. The molecule has 28 heavy (non-hydrogen) atoms. The average Bonchev–Trinajstić information content (AvgIpc) is 2.65. The number of carbonyl (C=O) groups is 2. The predicted molar refractivity (Wildman–Crippen MR) is 108 cm³/mol. The van der Waals surface area contributed by atoms with Crippen molar-refractivity contribution in [2.24, 2.45) is 0 Å². The van der Waals surface area contributed by atoms with E-state index in [2.05, 4.69) is 0 Å². The topological polar surface area (TPSA) is 87.2 Å². The Bertz CT molecular complexity index is 777. The lowest BCUT2D eigenvalue weighted by Crippen LogP contribution is -2.50. The average molecular weight is 432 g/mol. The number of amides is 2. The Kier molecular flexibility index (Phi) is 7.94. The van der Waals surface area contributed by atoms with Gasteiger partial charge in [0.2, 0.25) is 15.9 Å². The van der Waals surface area contributed by atoms with E-state index >= 15 is 0 Å². The molecule has 0 bridgehead atoms. The number of rotatable bonds is 7. The van der Waals surface area contributed by atoms with Crippen LogP contribution in [0.3, 0.4) is 0 Å². The molecule has 0 aliphatic carbocycles. The predicted octanol–water partition coefficient (Wildman–Crippen LogP) is 2.19. The van der Waals surface area contributed by atoms with Crippen LogP contribution in [0, 0.1) is 0 Å². The first kappa shape index (κ1) is 22.3. The Morgan fingerprint density at radius 3 is 2.21 bits per heavy atom. The van der Waals surface area contributed by atoms with Gasteiger partial charge in [0.05, 0.1) is 18.6 Å². The maximum atomic E-state index is 12.4. The van der Waals surface area contributed by atoms with Gasteiger partial charge in [0.1, 0.15) is 0 Å². The van der Waals surface area contributed by atoms with Crippen LogP contribution in [0.1, 0.15) is 19.8 Å². The van der Waals surface area contributed by atoms with E-state index in [-0.39, 0.29) is 25.0 Å². The number of halogens is 1. The van der Waals surface area contributed by atoms with Crippen molar-refractivity contribution in [3.63, 3.8) is 0 Å². The largest absolute Gasteiger partial charge is 0.450 e. The molecular weight excluding hydrogens is 406 g/mol. The fourth-order valence-electron chi connectivity index (χ4n) is 2.98. The smallest absolute Gasteiger partial charge is 0.409 e. The molecule has 0 N–H and O–H groups in total. The molecule has 1 saturated heterocycles. The number of hydrogen-bond acceptors (Lipinski definition) is 5. The number of anilines is 1. The second kappa shape index (κ2) is 9.97. The molecular formula is C18H26ClN3O5S. The minimum atomic E-state index is -3.47. The number of benzene rings is 1. The number of sulfonamides is 1. The fourth-order valence-corrected chi connectivity index (χ4v) is 4.07. The van der Waals surface area contributed by atoms with E-state index < -0.39 is 10.0 Å². The Hall–Kier alpha value is -2.00.